The van der Waals surface area contributed by atoms with Crippen molar-refractivity contribution in [3.63, 3.8) is 0 Å². The van der Waals surface area contributed by atoms with Gasteiger partial charge in [0.1, 0.15) is 5.01 Å². The van der Waals surface area contributed by atoms with E-state index in [0.717, 1.165) is 10.6 Å². The highest BCUT2D eigenvalue weighted by molar-refractivity contribution is 7.19. The fourth-order valence-electron chi connectivity index (χ4n) is 1.65. The van der Waals surface area contributed by atoms with Crippen molar-refractivity contribution in [1.29, 1.82) is 0 Å². The number of fused-ring (bicyclic) bond motifs is 1. The van der Waals surface area contributed by atoms with Crippen LogP contribution in [0, 0.1) is 0 Å². The van der Waals surface area contributed by atoms with Gasteiger partial charge >= 0.3 is 5.97 Å². The zero-order valence-corrected chi connectivity index (χ0v) is 12.0. The lowest BCUT2D eigenvalue weighted by Gasteiger charge is -1.97. The van der Waals surface area contributed by atoms with Gasteiger partial charge in [0.25, 0.3) is 5.82 Å². The fraction of sp³-hybridized carbons (Fsp3) is 0.167. The summed E-state index contributed by atoms with van der Waals surface area (Å²) in [7, 11) is 0. The van der Waals surface area contributed by atoms with Crippen molar-refractivity contribution in [3.8, 4) is 10.6 Å². The first-order chi connectivity index (χ1) is 9.69. The van der Waals surface area contributed by atoms with Gasteiger partial charge < -0.3 is 4.74 Å². The van der Waals surface area contributed by atoms with Gasteiger partial charge in [0.15, 0.2) is 0 Å². The molecule has 0 N–H and O–H groups in total. The highest BCUT2D eigenvalue weighted by Crippen LogP contribution is 2.26. The van der Waals surface area contributed by atoms with Gasteiger partial charge in [-0.1, -0.05) is 35.1 Å². The molecule has 0 amide bonds. The number of esters is 1. The van der Waals surface area contributed by atoms with Crippen molar-refractivity contribution in [2.24, 2.45) is 0 Å². The number of carbonyl (C=O) groups excluding carboxylic acids is 1. The molecule has 102 valence electrons. The van der Waals surface area contributed by atoms with E-state index in [1.807, 2.05) is 12.1 Å². The first kappa shape index (κ1) is 13.0. The molecule has 0 aliphatic heterocycles. The van der Waals surface area contributed by atoms with E-state index < -0.39 is 5.97 Å². The number of hydrogen-bond acceptors (Lipinski definition) is 6. The SMILES string of the molecule is CCOC(=O)c1nnc2sc(-c3ccc(Cl)cc3)nn12. The van der Waals surface area contributed by atoms with Crippen LogP contribution in [0.3, 0.4) is 0 Å². The molecule has 0 radical (unpaired) electrons. The number of halogens is 1. The Morgan fingerprint density at radius 3 is 2.80 bits per heavy atom. The minimum Gasteiger partial charge on any atom is -0.460 e. The molecule has 0 aliphatic rings. The maximum Gasteiger partial charge on any atom is 0.378 e. The largest absolute Gasteiger partial charge is 0.460 e. The first-order valence-corrected chi connectivity index (χ1v) is 7.04. The molecule has 2 aromatic heterocycles. The Labute approximate surface area is 123 Å². The summed E-state index contributed by atoms with van der Waals surface area (Å²) >= 11 is 7.19. The summed E-state index contributed by atoms with van der Waals surface area (Å²) in [5, 5.41) is 13.4. The van der Waals surface area contributed by atoms with Gasteiger partial charge in [-0.2, -0.15) is 9.61 Å². The van der Waals surface area contributed by atoms with E-state index in [1.165, 1.54) is 15.9 Å². The molecule has 1 aromatic carbocycles. The smallest absolute Gasteiger partial charge is 0.378 e. The zero-order chi connectivity index (χ0) is 14.1. The average Bonchev–Trinajstić information content (AvgIpc) is 2.99. The van der Waals surface area contributed by atoms with E-state index in [2.05, 4.69) is 15.3 Å². The lowest BCUT2D eigenvalue weighted by Crippen LogP contribution is -2.10. The maximum absolute atomic E-state index is 11.7. The summed E-state index contributed by atoms with van der Waals surface area (Å²) in [5.74, 6) is -0.453. The molecule has 0 aliphatic carbocycles. The van der Waals surface area contributed by atoms with E-state index >= 15 is 0 Å². The molecule has 0 unspecified atom stereocenters. The van der Waals surface area contributed by atoms with Crippen molar-refractivity contribution in [1.82, 2.24) is 19.8 Å². The second kappa shape index (κ2) is 5.18. The van der Waals surface area contributed by atoms with Crippen LogP contribution in [0.5, 0.6) is 0 Å². The number of rotatable bonds is 3. The molecule has 0 fully saturated rings. The minimum absolute atomic E-state index is 0.0818. The molecule has 3 rings (SSSR count). The molecule has 3 aromatic rings. The van der Waals surface area contributed by atoms with Gasteiger partial charge in [-0.3, -0.25) is 0 Å². The third-order valence-corrected chi connectivity index (χ3v) is 3.74. The Bertz CT molecular complexity index is 765. The van der Waals surface area contributed by atoms with Crippen molar-refractivity contribution >= 4 is 33.9 Å². The predicted molar refractivity (Wildman–Crippen MR) is 75.1 cm³/mol. The molecule has 0 saturated heterocycles. The summed E-state index contributed by atoms with van der Waals surface area (Å²) in [6.45, 7) is 2.01. The number of aromatic nitrogens is 4. The van der Waals surface area contributed by atoms with Gasteiger partial charge in [-0.15, -0.1) is 10.2 Å². The quantitative estimate of drug-likeness (QED) is 0.696. The van der Waals surface area contributed by atoms with Gasteiger partial charge in [-0.25, -0.2) is 4.79 Å². The Hall–Kier alpha value is -1.99. The van der Waals surface area contributed by atoms with Crippen LogP contribution in [0.4, 0.5) is 0 Å². The van der Waals surface area contributed by atoms with E-state index in [0.29, 0.717) is 9.98 Å². The summed E-state index contributed by atoms with van der Waals surface area (Å²) in [6.07, 6.45) is 0. The van der Waals surface area contributed by atoms with Crippen LogP contribution in [0.2, 0.25) is 5.02 Å². The van der Waals surface area contributed by atoms with E-state index in [-0.39, 0.29) is 12.4 Å². The summed E-state index contributed by atoms with van der Waals surface area (Å²) in [4.78, 5) is 12.3. The highest BCUT2D eigenvalue weighted by Gasteiger charge is 2.19. The Morgan fingerprint density at radius 2 is 2.10 bits per heavy atom. The summed E-state index contributed by atoms with van der Waals surface area (Å²) in [5.41, 5.74) is 0.903. The van der Waals surface area contributed by atoms with E-state index in [4.69, 9.17) is 16.3 Å². The Kier molecular flexibility index (Phi) is 3.37. The van der Waals surface area contributed by atoms with Crippen molar-refractivity contribution in [3.05, 3.63) is 35.1 Å². The predicted octanol–water partition coefficient (Wildman–Crippen LogP) is 2.68. The van der Waals surface area contributed by atoms with Gasteiger partial charge in [0.05, 0.1) is 6.61 Å². The Balaban J connectivity index is 2.03. The molecule has 8 heteroatoms. The second-order valence-corrected chi connectivity index (χ2v) is 5.24. The molecule has 20 heavy (non-hydrogen) atoms. The Morgan fingerprint density at radius 1 is 1.35 bits per heavy atom. The molecule has 6 nitrogen and oxygen atoms in total. The normalized spacial score (nSPS) is 10.9. The van der Waals surface area contributed by atoms with Crippen molar-refractivity contribution in [2.45, 2.75) is 6.92 Å². The second-order valence-electron chi connectivity index (χ2n) is 3.85. The van der Waals surface area contributed by atoms with E-state index in [1.54, 1.807) is 19.1 Å². The summed E-state index contributed by atoms with van der Waals surface area (Å²) < 4.78 is 6.31. The average molecular weight is 309 g/mol. The van der Waals surface area contributed by atoms with Crippen LogP contribution in [0.25, 0.3) is 15.5 Å². The summed E-state index contributed by atoms with van der Waals surface area (Å²) in [6, 6.07) is 7.28. The monoisotopic (exact) mass is 308 g/mol. The third kappa shape index (κ3) is 2.25. The number of benzene rings is 1. The van der Waals surface area contributed by atoms with Crippen LogP contribution in [-0.2, 0) is 4.74 Å². The topological polar surface area (TPSA) is 69.4 Å². The van der Waals surface area contributed by atoms with Crippen molar-refractivity contribution in [2.75, 3.05) is 6.61 Å². The number of nitrogens with zero attached hydrogens (tertiary/aromatic N) is 4. The van der Waals surface area contributed by atoms with Crippen LogP contribution in [0.15, 0.2) is 24.3 Å². The number of hydrogen-bond donors (Lipinski definition) is 0. The first-order valence-electron chi connectivity index (χ1n) is 5.84. The number of carbonyl (C=O) groups is 1. The molecule has 0 bridgehead atoms. The molecule has 0 spiro atoms. The zero-order valence-electron chi connectivity index (χ0n) is 10.4. The van der Waals surface area contributed by atoms with E-state index in [9.17, 15) is 4.79 Å². The minimum atomic E-state index is -0.534. The molecular formula is C12H9ClN4O2S. The molecule has 0 saturated carbocycles. The van der Waals surface area contributed by atoms with Crippen LogP contribution >= 0.6 is 22.9 Å². The standard InChI is InChI=1S/C12H9ClN4O2S/c1-2-19-11(18)9-14-15-12-17(9)16-10(20-12)7-3-5-8(13)6-4-7/h3-6H,2H2,1H3. The van der Waals surface area contributed by atoms with Gasteiger partial charge in [-0.05, 0) is 19.1 Å². The van der Waals surface area contributed by atoms with Gasteiger partial charge in [0.2, 0.25) is 4.96 Å². The van der Waals surface area contributed by atoms with Crippen LogP contribution in [-0.4, -0.2) is 32.4 Å². The molecule has 0 atom stereocenters. The van der Waals surface area contributed by atoms with Gasteiger partial charge in [0, 0.05) is 10.6 Å². The maximum atomic E-state index is 11.7. The number of ether oxygens (including phenoxy) is 1. The fourth-order valence-corrected chi connectivity index (χ4v) is 2.62. The lowest BCUT2D eigenvalue weighted by molar-refractivity contribution is 0.0509. The molecular weight excluding hydrogens is 300 g/mol. The van der Waals surface area contributed by atoms with Crippen LogP contribution in [0.1, 0.15) is 17.5 Å². The molecule has 2 heterocycles. The third-order valence-electron chi connectivity index (χ3n) is 2.54. The van der Waals surface area contributed by atoms with Crippen LogP contribution < -0.4 is 0 Å². The van der Waals surface area contributed by atoms with Crippen molar-refractivity contribution < 1.29 is 9.53 Å². The highest BCUT2D eigenvalue weighted by atomic mass is 35.5. The lowest BCUT2D eigenvalue weighted by atomic mass is 10.2.